The molecule has 0 aromatic carbocycles. The average Bonchev–Trinajstić information content (AvgIpc) is 2.22. The van der Waals surface area contributed by atoms with Crippen LogP contribution in [0.25, 0.3) is 0 Å². The van der Waals surface area contributed by atoms with E-state index < -0.39 is 0 Å². The topological polar surface area (TPSA) is 52.3 Å². The summed E-state index contributed by atoms with van der Waals surface area (Å²) in [6, 6.07) is 0.234. The summed E-state index contributed by atoms with van der Waals surface area (Å²) in [6.45, 7) is 0. The molecule has 0 amide bonds. The van der Waals surface area contributed by atoms with Crippen LogP contribution in [0.2, 0.25) is 0 Å². The van der Waals surface area contributed by atoms with Crippen LogP contribution in [-0.2, 0) is 9.53 Å². The molecule has 2 N–H and O–H groups in total. The molecule has 3 atom stereocenters. The first-order valence-corrected chi connectivity index (χ1v) is 4.55. The lowest BCUT2D eigenvalue weighted by Gasteiger charge is -2.43. The highest BCUT2D eigenvalue weighted by Gasteiger charge is 2.59. The summed E-state index contributed by atoms with van der Waals surface area (Å²) in [5, 5.41) is 0. The van der Waals surface area contributed by atoms with E-state index in [0.29, 0.717) is 5.92 Å². The van der Waals surface area contributed by atoms with Gasteiger partial charge in [0.1, 0.15) is 0 Å². The Labute approximate surface area is 72.3 Å². The first-order valence-electron chi connectivity index (χ1n) is 4.55. The summed E-state index contributed by atoms with van der Waals surface area (Å²) >= 11 is 0. The minimum absolute atomic E-state index is 0.0355. The number of carbonyl (C=O) groups is 1. The fourth-order valence-corrected chi connectivity index (χ4v) is 2.78. The van der Waals surface area contributed by atoms with Crippen LogP contribution in [0.4, 0.5) is 0 Å². The van der Waals surface area contributed by atoms with Crippen LogP contribution in [0.5, 0.6) is 0 Å². The molecule has 0 radical (unpaired) electrons. The van der Waals surface area contributed by atoms with E-state index in [9.17, 15) is 4.79 Å². The van der Waals surface area contributed by atoms with Gasteiger partial charge in [0.2, 0.25) is 0 Å². The van der Waals surface area contributed by atoms with Gasteiger partial charge in [-0.25, -0.2) is 0 Å². The van der Waals surface area contributed by atoms with Crippen LogP contribution in [0.15, 0.2) is 0 Å². The molecule has 3 heteroatoms. The van der Waals surface area contributed by atoms with Gasteiger partial charge in [-0.15, -0.1) is 0 Å². The second kappa shape index (κ2) is 2.46. The third kappa shape index (κ3) is 0.774. The number of fused-ring (bicyclic) bond motifs is 1. The lowest BCUT2D eigenvalue weighted by Crippen LogP contribution is -2.48. The molecule has 12 heavy (non-hydrogen) atoms. The van der Waals surface area contributed by atoms with Gasteiger partial charge in [-0.2, -0.15) is 0 Å². The van der Waals surface area contributed by atoms with Crippen LogP contribution in [0, 0.1) is 11.3 Å². The molecule has 3 nitrogen and oxygen atoms in total. The molecule has 2 aliphatic carbocycles. The van der Waals surface area contributed by atoms with Gasteiger partial charge in [-0.05, 0) is 31.6 Å². The highest BCUT2D eigenvalue weighted by molar-refractivity contribution is 5.79. The molecule has 2 rings (SSSR count). The Kier molecular flexibility index (Phi) is 1.65. The van der Waals surface area contributed by atoms with Crippen molar-refractivity contribution in [2.24, 2.45) is 17.1 Å². The number of hydrogen-bond acceptors (Lipinski definition) is 3. The number of esters is 1. The normalized spacial score (nSPS) is 44.8. The SMILES string of the molecule is COC(=O)[C@@]12CC[C@H](N)[C@@H]1CC2. The maximum Gasteiger partial charge on any atom is 0.312 e. The van der Waals surface area contributed by atoms with E-state index in [1.54, 1.807) is 0 Å². The van der Waals surface area contributed by atoms with Gasteiger partial charge in [0, 0.05) is 6.04 Å². The molecular weight excluding hydrogens is 154 g/mol. The summed E-state index contributed by atoms with van der Waals surface area (Å²) in [5.74, 6) is 0.372. The highest BCUT2D eigenvalue weighted by Crippen LogP contribution is 2.57. The largest absolute Gasteiger partial charge is 0.469 e. The quantitative estimate of drug-likeness (QED) is 0.587. The van der Waals surface area contributed by atoms with Crippen molar-refractivity contribution in [3.05, 3.63) is 0 Å². The van der Waals surface area contributed by atoms with E-state index in [1.807, 2.05) is 0 Å². The van der Waals surface area contributed by atoms with Gasteiger partial charge in [0.25, 0.3) is 0 Å². The number of ether oxygens (including phenoxy) is 1. The van der Waals surface area contributed by atoms with E-state index in [0.717, 1.165) is 25.7 Å². The first kappa shape index (κ1) is 8.05. The zero-order valence-electron chi connectivity index (χ0n) is 7.38. The Balaban J connectivity index is 2.17. The Morgan fingerprint density at radius 3 is 2.58 bits per heavy atom. The minimum atomic E-state index is -0.172. The van der Waals surface area contributed by atoms with Crippen molar-refractivity contribution >= 4 is 5.97 Å². The third-order valence-electron chi connectivity index (χ3n) is 3.64. The van der Waals surface area contributed by atoms with Gasteiger partial charge in [-0.1, -0.05) is 0 Å². The van der Waals surface area contributed by atoms with Crippen LogP contribution < -0.4 is 5.73 Å². The van der Waals surface area contributed by atoms with Gasteiger partial charge < -0.3 is 10.5 Å². The van der Waals surface area contributed by atoms with Crippen LogP contribution in [0.1, 0.15) is 25.7 Å². The Morgan fingerprint density at radius 2 is 2.17 bits per heavy atom. The van der Waals surface area contributed by atoms with Crippen molar-refractivity contribution < 1.29 is 9.53 Å². The Bertz CT molecular complexity index is 217. The number of methoxy groups -OCH3 is 1. The molecule has 0 aliphatic heterocycles. The minimum Gasteiger partial charge on any atom is -0.469 e. The zero-order chi connectivity index (χ0) is 8.77. The smallest absolute Gasteiger partial charge is 0.312 e. The van der Waals surface area contributed by atoms with Crippen LogP contribution in [-0.4, -0.2) is 19.1 Å². The van der Waals surface area contributed by atoms with Crippen molar-refractivity contribution in [3.8, 4) is 0 Å². The second-order valence-electron chi connectivity index (χ2n) is 4.00. The van der Waals surface area contributed by atoms with Gasteiger partial charge in [0.15, 0.2) is 0 Å². The van der Waals surface area contributed by atoms with Crippen molar-refractivity contribution in [3.63, 3.8) is 0 Å². The van der Waals surface area contributed by atoms with E-state index >= 15 is 0 Å². The summed E-state index contributed by atoms with van der Waals surface area (Å²) < 4.78 is 4.81. The molecule has 0 unspecified atom stereocenters. The molecule has 2 fully saturated rings. The molecule has 0 aromatic rings. The number of carbonyl (C=O) groups excluding carboxylic acids is 1. The number of hydrogen-bond donors (Lipinski definition) is 1. The molecule has 68 valence electrons. The van der Waals surface area contributed by atoms with Crippen LogP contribution in [0.3, 0.4) is 0 Å². The average molecular weight is 169 g/mol. The molecular formula is C9H15NO2. The maximum absolute atomic E-state index is 11.5. The lowest BCUT2D eigenvalue weighted by atomic mass is 9.61. The van der Waals surface area contributed by atoms with Crippen LogP contribution >= 0.6 is 0 Å². The van der Waals surface area contributed by atoms with E-state index in [-0.39, 0.29) is 17.4 Å². The Hall–Kier alpha value is -0.570. The molecule has 2 saturated carbocycles. The standard InChI is InChI=1S/C9H15NO2/c1-12-8(11)9-4-2-6(9)7(10)3-5-9/h6-7H,2-5,10H2,1H3/t6-,7-,9-/m0/s1. The number of rotatable bonds is 1. The van der Waals surface area contributed by atoms with E-state index in [4.69, 9.17) is 10.5 Å². The van der Waals surface area contributed by atoms with Gasteiger partial charge >= 0.3 is 5.97 Å². The summed E-state index contributed by atoms with van der Waals surface area (Å²) in [4.78, 5) is 11.5. The lowest BCUT2D eigenvalue weighted by molar-refractivity contribution is -0.162. The van der Waals surface area contributed by atoms with Crippen molar-refractivity contribution in [1.29, 1.82) is 0 Å². The highest BCUT2D eigenvalue weighted by atomic mass is 16.5. The first-order chi connectivity index (χ1) is 5.70. The molecule has 0 heterocycles. The van der Waals surface area contributed by atoms with Crippen molar-refractivity contribution in [2.45, 2.75) is 31.7 Å². The fraction of sp³-hybridized carbons (Fsp3) is 0.889. The predicted molar refractivity (Wildman–Crippen MR) is 44.4 cm³/mol. The van der Waals surface area contributed by atoms with Gasteiger partial charge in [0.05, 0.1) is 12.5 Å². The monoisotopic (exact) mass is 169 g/mol. The number of nitrogens with two attached hydrogens (primary N) is 1. The molecule has 0 saturated heterocycles. The summed E-state index contributed by atoms with van der Waals surface area (Å²) in [5.41, 5.74) is 5.72. The third-order valence-corrected chi connectivity index (χ3v) is 3.64. The van der Waals surface area contributed by atoms with Crippen molar-refractivity contribution in [2.75, 3.05) is 7.11 Å². The van der Waals surface area contributed by atoms with Crippen molar-refractivity contribution in [1.82, 2.24) is 0 Å². The molecule has 2 aliphatic rings. The van der Waals surface area contributed by atoms with Gasteiger partial charge in [-0.3, -0.25) is 4.79 Å². The molecule has 0 spiro atoms. The van der Waals surface area contributed by atoms with E-state index in [2.05, 4.69) is 0 Å². The Morgan fingerprint density at radius 1 is 1.50 bits per heavy atom. The summed E-state index contributed by atoms with van der Waals surface area (Å²) in [6.07, 6.45) is 4.01. The fourth-order valence-electron chi connectivity index (χ4n) is 2.78. The molecule has 0 bridgehead atoms. The summed E-state index contributed by atoms with van der Waals surface area (Å²) in [7, 11) is 1.47. The maximum atomic E-state index is 11.5. The predicted octanol–water partition coefficient (Wildman–Crippen LogP) is 0.677. The zero-order valence-corrected chi connectivity index (χ0v) is 7.38. The second-order valence-corrected chi connectivity index (χ2v) is 4.00. The van der Waals surface area contributed by atoms with E-state index in [1.165, 1.54) is 7.11 Å². The molecule has 0 aromatic heterocycles.